The molecule has 1 rings (SSSR count). The maximum atomic E-state index is 7.22. The lowest BCUT2D eigenvalue weighted by molar-refractivity contribution is -0.00460. The van der Waals surface area contributed by atoms with E-state index in [1.54, 1.807) is 0 Å². The number of ether oxygens (including phenoxy) is 1. The fourth-order valence-electron chi connectivity index (χ4n) is 4.52. The van der Waals surface area contributed by atoms with Crippen LogP contribution in [0.2, 0.25) is 34.8 Å². The monoisotopic (exact) mass is 480 g/mol. The van der Waals surface area contributed by atoms with E-state index in [0.717, 1.165) is 6.61 Å². The molecule has 0 unspecified atom stereocenters. The van der Waals surface area contributed by atoms with Crippen molar-refractivity contribution in [3.63, 3.8) is 0 Å². The average molecular weight is 481 g/mol. The summed E-state index contributed by atoms with van der Waals surface area (Å²) in [7, 11) is -3.83. The van der Waals surface area contributed by atoms with E-state index in [-0.39, 0.29) is 17.1 Å². The molecule has 0 bridgehead atoms. The first-order chi connectivity index (χ1) is 14.6. The Balaban J connectivity index is 3.05. The predicted octanol–water partition coefficient (Wildman–Crippen LogP) is 8.42. The summed E-state index contributed by atoms with van der Waals surface area (Å²) in [6, 6.07) is 10.4. The smallest absolute Gasteiger partial charge is 0.200 e. The van der Waals surface area contributed by atoms with Crippen LogP contribution >= 0.6 is 0 Å². The van der Waals surface area contributed by atoms with E-state index in [2.05, 4.69) is 107 Å². The summed E-state index contributed by atoms with van der Waals surface area (Å²) in [6.45, 7) is 29.9. The van der Waals surface area contributed by atoms with Crippen molar-refractivity contribution in [2.24, 2.45) is 5.92 Å². The summed E-state index contributed by atoms with van der Waals surface area (Å²) >= 11 is 0. The Bertz CT molecular complexity index is 629. The minimum Gasteiger partial charge on any atom is -0.416 e. The van der Waals surface area contributed by atoms with Gasteiger partial charge in [-0.25, -0.2) is 0 Å². The molecule has 0 N–H and O–H groups in total. The standard InChI is InChI=1S/C27H52O3Si2/c1-21(2)32(22(3)4,23(5)6)30-26(20-28-19-25-16-14-13-15-17-25)24(7)18-29-31(11,12)27(8,9)10/h13-17,21-24,26H,18-20H2,1-12H3/t24-,26+/m1/s1. The molecule has 5 heteroatoms. The van der Waals surface area contributed by atoms with Gasteiger partial charge >= 0.3 is 0 Å². The van der Waals surface area contributed by atoms with Crippen molar-refractivity contribution in [3.8, 4) is 0 Å². The maximum absolute atomic E-state index is 7.22. The minimum atomic E-state index is -2.02. The van der Waals surface area contributed by atoms with Gasteiger partial charge in [0.1, 0.15) is 0 Å². The second-order valence-electron chi connectivity index (χ2n) is 12.0. The molecule has 0 aliphatic carbocycles. The van der Waals surface area contributed by atoms with Gasteiger partial charge in [-0.05, 0) is 40.3 Å². The third kappa shape index (κ3) is 7.80. The van der Waals surface area contributed by atoms with Gasteiger partial charge in [-0.1, -0.05) is 99.6 Å². The van der Waals surface area contributed by atoms with Gasteiger partial charge in [0.2, 0.25) is 8.32 Å². The van der Waals surface area contributed by atoms with Gasteiger partial charge in [0.15, 0.2) is 8.32 Å². The first kappa shape index (κ1) is 29.6. The molecule has 0 radical (unpaired) electrons. The molecule has 0 fully saturated rings. The fraction of sp³-hybridized carbons (Fsp3) is 0.778. The van der Waals surface area contributed by atoms with Gasteiger partial charge in [0.25, 0.3) is 0 Å². The molecule has 0 aliphatic heterocycles. The summed E-state index contributed by atoms with van der Waals surface area (Å²) in [6.07, 6.45) is 0.0438. The lowest BCUT2D eigenvalue weighted by atomic mass is 10.1. The number of hydrogen-bond donors (Lipinski definition) is 0. The first-order valence-corrected chi connectivity index (χ1v) is 17.6. The van der Waals surface area contributed by atoms with Crippen molar-refractivity contribution in [2.45, 2.75) is 117 Å². The SMILES string of the molecule is CC(C)[Si](O[C@@H](COCc1ccccc1)[C@H](C)CO[Si](C)(C)C(C)(C)C)(C(C)C)C(C)C. The zero-order valence-electron chi connectivity index (χ0n) is 23.1. The van der Waals surface area contributed by atoms with E-state index in [1.807, 2.05) is 6.07 Å². The molecule has 0 spiro atoms. The van der Waals surface area contributed by atoms with Crippen LogP contribution in [0, 0.1) is 5.92 Å². The van der Waals surface area contributed by atoms with Crippen LogP contribution in [0.25, 0.3) is 0 Å². The molecule has 0 aromatic heterocycles. The molecule has 186 valence electrons. The Morgan fingerprint density at radius 2 is 1.28 bits per heavy atom. The van der Waals surface area contributed by atoms with Gasteiger partial charge < -0.3 is 13.6 Å². The number of benzene rings is 1. The zero-order valence-corrected chi connectivity index (χ0v) is 25.1. The van der Waals surface area contributed by atoms with Gasteiger partial charge in [0.05, 0.1) is 19.3 Å². The van der Waals surface area contributed by atoms with E-state index >= 15 is 0 Å². The molecular weight excluding hydrogens is 428 g/mol. The van der Waals surface area contributed by atoms with E-state index in [1.165, 1.54) is 5.56 Å². The molecule has 1 aromatic rings. The van der Waals surface area contributed by atoms with Gasteiger partial charge in [0, 0.05) is 12.5 Å². The average Bonchev–Trinajstić information content (AvgIpc) is 2.67. The zero-order chi connectivity index (χ0) is 24.7. The highest BCUT2D eigenvalue weighted by Crippen LogP contribution is 2.44. The second-order valence-corrected chi connectivity index (χ2v) is 22.2. The van der Waals surface area contributed by atoms with Gasteiger partial charge in [-0.2, -0.15) is 0 Å². The van der Waals surface area contributed by atoms with Crippen molar-refractivity contribution in [2.75, 3.05) is 13.2 Å². The van der Waals surface area contributed by atoms with Crippen LogP contribution in [0.4, 0.5) is 0 Å². The summed E-state index contributed by atoms with van der Waals surface area (Å²) in [5, 5.41) is 0.208. The van der Waals surface area contributed by atoms with Crippen molar-refractivity contribution in [3.05, 3.63) is 35.9 Å². The second kappa shape index (κ2) is 12.3. The van der Waals surface area contributed by atoms with Crippen LogP contribution in [-0.2, 0) is 20.2 Å². The summed E-state index contributed by atoms with van der Waals surface area (Å²) in [4.78, 5) is 0. The molecule has 32 heavy (non-hydrogen) atoms. The van der Waals surface area contributed by atoms with Crippen molar-refractivity contribution in [1.29, 1.82) is 0 Å². The van der Waals surface area contributed by atoms with E-state index < -0.39 is 16.6 Å². The fourth-order valence-corrected chi connectivity index (χ4v) is 11.3. The normalized spacial score (nSPS) is 15.6. The maximum Gasteiger partial charge on any atom is 0.200 e. The van der Waals surface area contributed by atoms with Crippen molar-refractivity contribution >= 4 is 16.6 Å². The summed E-state index contributed by atoms with van der Waals surface area (Å²) < 4.78 is 20.1. The molecule has 0 aliphatic rings. The highest BCUT2D eigenvalue weighted by atomic mass is 28.4. The Morgan fingerprint density at radius 1 is 0.781 bits per heavy atom. The first-order valence-electron chi connectivity index (χ1n) is 12.6. The van der Waals surface area contributed by atoms with Crippen LogP contribution in [0.15, 0.2) is 30.3 Å². The highest BCUT2D eigenvalue weighted by molar-refractivity contribution is 6.77. The van der Waals surface area contributed by atoms with E-state index in [9.17, 15) is 0 Å². The molecule has 1 aromatic carbocycles. The molecule has 2 atom stereocenters. The summed E-state index contributed by atoms with van der Waals surface area (Å²) in [5.41, 5.74) is 2.85. The highest BCUT2D eigenvalue weighted by Gasteiger charge is 2.47. The number of hydrogen-bond acceptors (Lipinski definition) is 3. The molecule has 0 saturated heterocycles. The lowest BCUT2D eigenvalue weighted by Crippen LogP contribution is -2.53. The van der Waals surface area contributed by atoms with Crippen molar-refractivity contribution < 1.29 is 13.6 Å². The van der Waals surface area contributed by atoms with Gasteiger partial charge in [-0.3, -0.25) is 0 Å². The lowest BCUT2D eigenvalue weighted by Gasteiger charge is -2.46. The van der Waals surface area contributed by atoms with Crippen LogP contribution in [0.3, 0.4) is 0 Å². The minimum absolute atomic E-state index is 0.0438. The van der Waals surface area contributed by atoms with Crippen molar-refractivity contribution in [1.82, 2.24) is 0 Å². The number of rotatable bonds is 13. The Labute approximate surface area is 201 Å². The van der Waals surface area contributed by atoms with E-state index in [0.29, 0.717) is 29.8 Å². The van der Waals surface area contributed by atoms with Crippen LogP contribution in [-0.4, -0.2) is 36.0 Å². The third-order valence-electron chi connectivity index (χ3n) is 7.60. The predicted molar refractivity (Wildman–Crippen MR) is 144 cm³/mol. The topological polar surface area (TPSA) is 27.7 Å². The molecule has 3 nitrogen and oxygen atoms in total. The van der Waals surface area contributed by atoms with Crippen LogP contribution in [0.1, 0.15) is 74.8 Å². The quantitative estimate of drug-likeness (QED) is 0.265. The van der Waals surface area contributed by atoms with E-state index in [4.69, 9.17) is 13.6 Å². The molecular formula is C27H52O3Si2. The largest absolute Gasteiger partial charge is 0.416 e. The van der Waals surface area contributed by atoms with Gasteiger partial charge in [-0.15, -0.1) is 0 Å². The third-order valence-corrected chi connectivity index (χ3v) is 18.2. The Kier molecular flexibility index (Phi) is 11.4. The molecule has 0 amide bonds. The molecule has 0 heterocycles. The summed E-state index contributed by atoms with van der Waals surface area (Å²) in [5.74, 6) is 0.281. The van der Waals surface area contributed by atoms with Crippen LogP contribution < -0.4 is 0 Å². The molecule has 0 saturated carbocycles. The Morgan fingerprint density at radius 3 is 1.72 bits per heavy atom. The van der Waals surface area contributed by atoms with Crippen LogP contribution in [0.5, 0.6) is 0 Å². The Hall–Kier alpha value is -0.466.